The minimum atomic E-state index is -3.35. The molecule has 0 heterocycles. The van der Waals surface area contributed by atoms with Gasteiger partial charge in [0.2, 0.25) is 0 Å². The van der Waals surface area contributed by atoms with E-state index in [-0.39, 0.29) is 26.0 Å². The number of ether oxygens (including phenoxy) is 1. The molecule has 0 spiro atoms. The highest BCUT2D eigenvalue weighted by Crippen LogP contribution is 2.47. The average Bonchev–Trinajstić information content (AvgIpc) is 2.60. The van der Waals surface area contributed by atoms with Crippen LogP contribution in [0.15, 0.2) is 24.3 Å². The van der Waals surface area contributed by atoms with Crippen LogP contribution < -0.4 is 0 Å². The lowest BCUT2D eigenvalue weighted by Gasteiger charge is -2.16. The Kier molecular flexibility index (Phi) is 11.8. The number of carbonyl (C=O) groups excluding carboxylic acids is 1. The number of thioether (sulfide) groups is 2. The van der Waals surface area contributed by atoms with E-state index in [1.165, 1.54) is 22.9 Å². The van der Waals surface area contributed by atoms with E-state index in [9.17, 15) is 9.36 Å². The number of carbonyl (C=O) groups is 1. The van der Waals surface area contributed by atoms with Crippen molar-refractivity contribution in [2.24, 2.45) is 0 Å². The number of rotatable bonds is 11. The highest BCUT2D eigenvalue weighted by molar-refractivity contribution is 8.46. The van der Waals surface area contributed by atoms with Gasteiger partial charge < -0.3 is 13.8 Å². The quantitative estimate of drug-likeness (QED) is 0.259. The van der Waals surface area contributed by atoms with E-state index in [4.69, 9.17) is 26.0 Å². The number of hydrogen-bond donors (Lipinski definition) is 0. The van der Waals surface area contributed by atoms with Gasteiger partial charge >= 0.3 is 13.6 Å². The Balaban J connectivity index is 2.22. The maximum atomic E-state index is 12.2. The normalized spacial score (nSPS) is 11.3. The van der Waals surface area contributed by atoms with Crippen molar-refractivity contribution in [3.63, 3.8) is 0 Å². The van der Waals surface area contributed by atoms with Gasteiger partial charge in [-0.25, -0.2) is 0 Å². The fourth-order valence-corrected chi connectivity index (χ4v) is 5.23. The molecule has 0 radical (unpaired) electrons. The Morgan fingerprint density at radius 3 is 2.31 bits per heavy atom. The number of esters is 1. The van der Waals surface area contributed by atoms with Gasteiger partial charge in [0.05, 0.1) is 19.6 Å². The molecule has 0 aliphatic carbocycles. The van der Waals surface area contributed by atoms with Crippen LogP contribution >= 0.6 is 43.3 Å². The summed E-state index contributed by atoms with van der Waals surface area (Å²) in [5.41, 5.74) is 2.44. The lowest BCUT2D eigenvalue weighted by molar-refractivity contribution is -0.141. The Morgan fingerprint density at radius 2 is 1.73 bits per heavy atom. The van der Waals surface area contributed by atoms with Crippen LogP contribution in [-0.4, -0.2) is 34.8 Å². The van der Waals surface area contributed by atoms with Crippen LogP contribution in [0.2, 0.25) is 0 Å². The van der Waals surface area contributed by atoms with E-state index in [1.807, 2.05) is 0 Å². The number of hydrogen-bond acceptors (Lipinski definition) is 8. The molecule has 146 valence electrons. The van der Waals surface area contributed by atoms with E-state index in [2.05, 4.69) is 31.2 Å². The second-order valence-corrected chi connectivity index (χ2v) is 10.5. The van der Waals surface area contributed by atoms with Crippen molar-refractivity contribution in [2.75, 3.05) is 25.3 Å². The van der Waals surface area contributed by atoms with Gasteiger partial charge in [0.15, 0.2) is 6.35 Å². The SMILES string of the molecule is CCOP(=O)(COC(=O)CCSC(=S)SCc1ccc(C)cc1)OCC. The standard InChI is InChI=1S/C17H25O5PS3/c1-4-21-23(19,22-5-2)13-20-16(18)10-11-25-17(24)26-12-15-8-6-14(3)7-9-15/h6-9H,4-5,10-13H2,1-3H3. The molecule has 5 nitrogen and oxygen atoms in total. The molecule has 0 bridgehead atoms. The molecule has 0 aromatic heterocycles. The Hall–Kier alpha value is -0.370. The summed E-state index contributed by atoms with van der Waals surface area (Å²) < 4.78 is 28.1. The molecule has 9 heteroatoms. The summed E-state index contributed by atoms with van der Waals surface area (Å²) in [6.07, 6.45) is -0.168. The molecule has 0 aliphatic rings. The summed E-state index contributed by atoms with van der Waals surface area (Å²) in [6.45, 7) is 5.94. The molecule has 0 saturated heterocycles. The fraction of sp³-hybridized carbons (Fsp3) is 0.529. The van der Waals surface area contributed by atoms with Crippen molar-refractivity contribution in [3.05, 3.63) is 35.4 Å². The summed E-state index contributed by atoms with van der Waals surface area (Å²) in [5, 5.41) is 0. The fourth-order valence-electron chi connectivity index (χ4n) is 1.81. The third-order valence-corrected chi connectivity index (χ3v) is 7.56. The maximum Gasteiger partial charge on any atom is 0.367 e. The summed E-state index contributed by atoms with van der Waals surface area (Å²) >= 11 is 8.33. The zero-order valence-corrected chi connectivity index (χ0v) is 18.6. The topological polar surface area (TPSA) is 61.8 Å². The molecule has 0 amide bonds. The number of aryl methyl sites for hydroxylation is 1. The van der Waals surface area contributed by atoms with Gasteiger partial charge in [-0.2, -0.15) is 0 Å². The van der Waals surface area contributed by atoms with Gasteiger partial charge in [-0.3, -0.25) is 9.36 Å². The summed E-state index contributed by atoms with van der Waals surface area (Å²) in [6, 6.07) is 8.32. The molecule has 1 aromatic carbocycles. The molecular weight excluding hydrogens is 411 g/mol. The van der Waals surface area contributed by atoms with Crippen LogP contribution in [0.3, 0.4) is 0 Å². The molecule has 0 N–H and O–H groups in total. The first kappa shape index (κ1) is 23.7. The first-order valence-corrected chi connectivity index (χ1v) is 12.4. The van der Waals surface area contributed by atoms with Crippen molar-refractivity contribution < 1.29 is 23.1 Å². The molecule has 0 saturated carbocycles. The maximum absolute atomic E-state index is 12.2. The highest BCUT2D eigenvalue weighted by Gasteiger charge is 2.25. The highest BCUT2D eigenvalue weighted by atomic mass is 32.2. The van der Waals surface area contributed by atoms with Gasteiger partial charge in [-0.05, 0) is 26.3 Å². The molecule has 0 atom stereocenters. The Labute approximate surface area is 169 Å². The zero-order chi connectivity index (χ0) is 19.4. The predicted molar refractivity (Wildman–Crippen MR) is 114 cm³/mol. The van der Waals surface area contributed by atoms with E-state index in [1.54, 1.807) is 25.6 Å². The molecule has 0 unspecified atom stereocenters. The van der Waals surface area contributed by atoms with Gasteiger partial charge in [0.1, 0.15) is 3.53 Å². The first-order chi connectivity index (χ1) is 12.4. The molecule has 26 heavy (non-hydrogen) atoms. The molecule has 1 rings (SSSR count). The molecule has 1 aromatic rings. The van der Waals surface area contributed by atoms with Gasteiger partial charge in [-0.1, -0.05) is 42.0 Å². The van der Waals surface area contributed by atoms with Gasteiger partial charge in [0.25, 0.3) is 0 Å². The van der Waals surface area contributed by atoms with Crippen molar-refractivity contribution in [3.8, 4) is 0 Å². The Bertz CT molecular complexity index is 611. The van der Waals surface area contributed by atoms with Gasteiger partial charge in [0, 0.05) is 11.5 Å². The monoisotopic (exact) mass is 436 g/mol. The van der Waals surface area contributed by atoms with E-state index >= 15 is 0 Å². The lowest BCUT2D eigenvalue weighted by atomic mass is 10.2. The van der Waals surface area contributed by atoms with Crippen LogP contribution in [0.1, 0.15) is 31.4 Å². The van der Waals surface area contributed by atoms with Crippen molar-refractivity contribution in [1.29, 1.82) is 0 Å². The van der Waals surface area contributed by atoms with E-state index in [0.29, 0.717) is 5.75 Å². The van der Waals surface area contributed by atoms with Gasteiger partial charge in [-0.15, -0.1) is 23.5 Å². The first-order valence-electron chi connectivity index (χ1n) is 8.27. The van der Waals surface area contributed by atoms with E-state index in [0.717, 1.165) is 9.28 Å². The minimum Gasteiger partial charge on any atom is -0.453 e. The predicted octanol–water partition coefficient (Wildman–Crippen LogP) is 5.40. The smallest absolute Gasteiger partial charge is 0.367 e. The summed E-state index contributed by atoms with van der Waals surface area (Å²) in [7, 11) is -3.35. The largest absolute Gasteiger partial charge is 0.453 e. The average molecular weight is 437 g/mol. The van der Waals surface area contributed by atoms with Crippen LogP contribution in [0.4, 0.5) is 0 Å². The third-order valence-electron chi connectivity index (χ3n) is 3.04. The summed E-state index contributed by atoms with van der Waals surface area (Å²) in [4.78, 5) is 11.8. The van der Waals surface area contributed by atoms with E-state index < -0.39 is 13.6 Å². The van der Waals surface area contributed by atoms with Crippen LogP contribution in [-0.2, 0) is 28.9 Å². The number of thiocarbonyl (C=S) groups is 1. The minimum absolute atomic E-state index is 0.189. The third kappa shape index (κ3) is 10.1. The van der Waals surface area contributed by atoms with Crippen LogP contribution in [0, 0.1) is 6.92 Å². The molecule has 0 fully saturated rings. The molecule has 0 aliphatic heterocycles. The van der Waals surface area contributed by atoms with Crippen molar-refractivity contribution in [1.82, 2.24) is 0 Å². The van der Waals surface area contributed by atoms with Crippen LogP contribution in [0.25, 0.3) is 0 Å². The Morgan fingerprint density at radius 1 is 1.12 bits per heavy atom. The number of benzene rings is 1. The molecular formula is C17H25O5PS3. The second kappa shape index (κ2) is 12.9. The van der Waals surface area contributed by atoms with Crippen molar-refractivity contribution >= 4 is 52.8 Å². The summed E-state index contributed by atoms with van der Waals surface area (Å²) in [5.74, 6) is 0.887. The second-order valence-electron chi connectivity index (χ2n) is 5.21. The lowest BCUT2D eigenvalue weighted by Crippen LogP contribution is -2.10. The van der Waals surface area contributed by atoms with Crippen molar-refractivity contribution in [2.45, 2.75) is 32.9 Å². The van der Waals surface area contributed by atoms with Crippen LogP contribution in [0.5, 0.6) is 0 Å². The zero-order valence-electron chi connectivity index (χ0n) is 15.3.